The number of ether oxygens (including phenoxy) is 1. The Balaban J connectivity index is 1.46. The normalized spacial score (nSPS) is 21.8. The second-order valence-corrected chi connectivity index (χ2v) is 6.81. The molecule has 2 aliphatic rings. The van der Waals surface area contributed by atoms with E-state index in [0.717, 1.165) is 22.5 Å². The first-order valence-corrected chi connectivity index (χ1v) is 8.98. The van der Waals surface area contributed by atoms with Crippen molar-refractivity contribution >= 4 is 29.0 Å². The third kappa shape index (κ3) is 4.05. The van der Waals surface area contributed by atoms with Gasteiger partial charge in [-0.25, -0.2) is 23.3 Å². The highest BCUT2D eigenvalue weighted by atomic mass is 19.3. The van der Waals surface area contributed by atoms with E-state index in [-0.39, 0.29) is 19.4 Å². The molecule has 0 spiro atoms. The Hall–Kier alpha value is -2.61. The zero-order valence-corrected chi connectivity index (χ0v) is 15.0. The number of rotatable bonds is 5. The summed E-state index contributed by atoms with van der Waals surface area (Å²) < 4.78 is 33.9. The quantitative estimate of drug-likeness (QED) is 0.867. The Kier molecular flexibility index (Phi) is 4.73. The molecule has 2 aromatic rings. The largest absolute Gasteiger partial charge is 0.372 e. The molecule has 0 amide bonds. The molecule has 0 saturated heterocycles. The fraction of sp³-hybridized carbons (Fsp3) is 0.421. The molecule has 1 aliphatic heterocycles. The van der Waals surface area contributed by atoms with Gasteiger partial charge in [-0.2, -0.15) is 5.10 Å². The lowest BCUT2D eigenvalue weighted by Gasteiger charge is -2.11. The maximum atomic E-state index is 13.2. The Bertz CT molecular complexity index is 931. The zero-order chi connectivity index (χ0) is 18.9. The Morgan fingerprint density at radius 2 is 2.26 bits per heavy atom. The summed E-state index contributed by atoms with van der Waals surface area (Å²) in [5, 5.41) is 7.41. The van der Waals surface area contributed by atoms with Gasteiger partial charge in [0.15, 0.2) is 5.84 Å². The fourth-order valence-corrected chi connectivity index (χ4v) is 3.32. The van der Waals surface area contributed by atoms with E-state index in [1.807, 2.05) is 31.4 Å². The summed E-state index contributed by atoms with van der Waals surface area (Å²) in [5.41, 5.74) is 3.04. The number of allylic oxidation sites excluding steroid dienone is 1. The van der Waals surface area contributed by atoms with E-state index in [1.165, 1.54) is 0 Å². The molecule has 4 rings (SSSR count). The lowest BCUT2D eigenvalue weighted by molar-refractivity contribution is -0.0131. The standard InChI is InChI=1S/C19H21F2N5O/c1-22-17-9-15-8-13(4-7-26(15)25-17)14-3-6-23-18(24-11-14)12-27-16-2-5-19(20,21)10-16/h4,6-9,11,16H,2-3,5,10,12H2,1H3,(H,22,25). The Labute approximate surface area is 155 Å². The minimum atomic E-state index is -2.61. The summed E-state index contributed by atoms with van der Waals surface area (Å²) in [4.78, 5) is 8.70. The average molecular weight is 373 g/mol. The van der Waals surface area contributed by atoms with Gasteiger partial charge in [0.25, 0.3) is 5.92 Å². The fourth-order valence-electron chi connectivity index (χ4n) is 3.32. The molecule has 1 atom stereocenters. The molecular formula is C19H21F2N5O. The average Bonchev–Trinajstić information content (AvgIpc) is 3.13. The predicted molar refractivity (Wildman–Crippen MR) is 102 cm³/mol. The van der Waals surface area contributed by atoms with Crippen LogP contribution >= 0.6 is 0 Å². The lowest BCUT2D eigenvalue weighted by atomic mass is 10.1. The van der Waals surface area contributed by atoms with Crippen molar-refractivity contribution in [2.45, 2.75) is 37.7 Å². The van der Waals surface area contributed by atoms with Crippen molar-refractivity contribution in [3.63, 3.8) is 0 Å². The summed E-state index contributed by atoms with van der Waals surface area (Å²) in [7, 11) is 1.83. The van der Waals surface area contributed by atoms with E-state index >= 15 is 0 Å². The van der Waals surface area contributed by atoms with Gasteiger partial charge in [-0.1, -0.05) is 0 Å². The van der Waals surface area contributed by atoms with Gasteiger partial charge in [0, 0.05) is 51.0 Å². The Morgan fingerprint density at radius 3 is 3.04 bits per heavy atom. The van der Waals surface area contributed by atoms with Crippen molar-refractivity contribution in [3.05, 3.63) is 36.2 Å². The number of nitrogens with zero attached hydrogens (tertiary/aromatic N) is 4. The van der Waals surface area contributed by atoms with Crippen molar-refractivity contribution in [3.8, 4) is 0 Å². The number of anilines is 1. The van der Waals surface area contributed by atoms with Gasteiger partial charge < -0.3 is 10.1 Å². The molecule has 142 valence electrons. The summed E-state index contributed by atoms with van der Waals surface area (Å²) in [5.74, 6) is -1.30. The number of aromatic nitrogens is 2. The third-order valence-electron chi connectivity index (χ3n) is 4.82. The number of nitrogens with one attached hydrogen (secondary N) is 1. The van der Waals surface area contributed by atoms with Crippen LogP contribution in [-0.2, 0) is 4.74 Å². The highest BCUT2D eigenvalue weighted by Gasteiger charge is 2.40. The maximum Gasteiger partial charge on any atom is 0.250 e. The minimum absolute atomic E-state index is 0.107. The van der Waals surface area contributed by atoms with Crippen molar-refractivity contribution in [2.24, 2.45) is 9.98 Å². The van der Waals surface area contributed by atoms with E-state index in [1.54, 1.807) is 16.9 Å². The monoisotopic (exact) mass is 373 g/mol. The van der Waals surface area contributed by atoms with Crippen LogP contribution in [0.3, 0.4) is 0 Å². The molecule has 1 unspecified atom stereocenters. The smallest absolute Gasteiger partial charge is 0.250 e. The number of amidine groups is 1. The molecule has 1 N–H and O–H groups in total. The van der Waals surface area contributed by atoms with Gasteiger partial charge >= 0.3 is 0 Å². The number of aliphatic imine (C=N–C) groups is 2. The van der Waals surface area contributed by atoms with E-state index in [9.17, 15) is 8.78 Å². The van der Waals surface area contributed by atoms with Gasteiger partial charge in [0.1, 0.15) is 12.4 Å². The molecular weight excluding hydrogens is 352 g/mol. The molecule has 3 heterocycles. The zero-order valence-electron chi connectivity index (χ0n) is 15.0. The number of pyridine rings is 1. The highest BCUT2D eigenvalue weighted by Crippen LogP contribution is 2.36. The molecule has 2 aromatic heterocycles. The van der Waals surface area contributed by atoms with Crippen LogP contribution in [0.1, 0.15) is 31.2 Å². The van der Waals surface area contributed by atoms with Crippen LogP contribution in [-0.4, -0.2) is 47.3 Å². The molecule has 0 bridgehead atoms. The topological polar surface area (TPSA) is 63.3 Å². The molecule has 1 fully saturated rings. The van der Waals surface area contributed by atoms with E-state index < -0.39 is 12.0 Å². The van der Waals surface area contributed by atoms with E-state index in [0.29, 0.717) is 18.7 Å². The van der Waals surface area contributed by atoms with Crippen LogP contribution in [0.2, 0.25) is 0 Å². The SMILES string of the molecule is CNc1cc2cc(C3=CN=C(COC4CCC(F)(F)C4)N=CC3)ccn2n1. The summed E-state index contributed by atoms with van der Waals surface area (Å²) >= 11 is 0. The van der Waals surface area contributed by atoms with Crippen LogP contribution in [0, 0.1) is 0 Å². The first-order chi connectivity index (χ1) is 13.0. The maximum absolute atomic E-state index is 13.2. The molecule has 0 aromatic carbocycles. The first kappa shape index (κ1) is 17.8. The summed E-state index contributed by atoms with van der Waals surface area (Å²) in [6.07, 6.45) is 5.73. The third-order valence-corrected chi connectivity index (χ3v) is 4.82. The van der Waals surface area contributed by atoms with Crippen molar-refractivity contribution in [1.82, 2.24) is 9.61 Å². The molecule has 1 aliphatic carbocycles. The van der Waals surface area contributed by atoms with Gasteiger partial charge in [-0.3, -0.25) is 0 Å². The molecule has 1 saturated carbocycles. The molecule has 6 nitrogen and oxygen atoms in total. The van der Waals surface area contributed by atoms with Gasteiger partial charge in [-0.15, -0.1) is 0 Å². The highest BCUT2D eigenvalue weighted by molar-refractivity contribution is 5.96. The van der Waals surface area contributed by atoms with Crippen LogP contribution in [0.5, 0.6) is 0 Å². The van der Waals surface area contributed by atoms with Crippen LogP contribution in [0.15, 0.2) is 40.6 Å². The van der Waals surface area contributed by atoms with Crippen LogP contribution in [0.4, 0.5) is 14.6 Å². The van der Waals surface area contributed by atoms with Crippen molar-refractivity contribution in [2.75, 3.05) is 19.0 Å². The van der Waals surface area contributed by atoms with E-state index in [4.69, 9.17) is 4.74 Å². The van der Waals surface area contributed by atoms with Gasteiger partial charge in [0.05, 0.1) is 11.6 Å². The lowest BCUT2D eigenvalue weighted by Crippen LogP contribution is -2.17. The number of hydrogen-bond acceptors (Lipinski definition) is 5. The number of hydrogen-bond donors (Lipinski definition) is 1. The molecule has 0 radical (unpaired) electrons. The summed E-state index contributed by atoms with van der Waals surface area (Å²) in [6.45, 7) is 0.147. The predicted octanol–water partition coefficient (Wildman–Crippen LogP) is 3.79. The van der Waals surface area contributed by atoms with Gasteiger partial charge in [-0.05, 0) is 29.7 Å². The van der Waals surface area contributed by atoms with Gasteiger partial charge in [0.2, 0.25) is 0 Å². The van der Waals surface area contributed by atoms with Crippen LogP contribution in [0.25, 0.3) is 11.1 Å². The second kappa shape index (κ2) is 7.19. The Morgan fingerprint density at radius 1 is 1.37 bits per heavy atom. The second-order valence-electron chi connectivity index (χ2n) is 6.81. The summed E-state index contributed by atoms with van der Waals surface area (Å²) in [6, 6.07) is 6.00. The minimum Gasteiger partial charge on any atom is -0.372 e. The molecule has 27 heavy (non-hydrogen) atoms. The molecule has 8 heteroatoms. The van der Waals surface area contributed by atoms with Crippen molar-refractivity contribution in [1.29, 1.82) is 0 Å². The van der Waals surface area contributed by atoms with Crippen LogP contribution < -0.4 is 5.32 Å². The van der Waals surface area contributed by atoms with Crippen molar-refractivity contribution < 1.29 is 13.5 Å². The first-order valence-electron chi connectivity index (χ1n) is 8.98. The number of fused-ring (bicyclic) bond motifs is 1. The van der Waals surface area contributed by atoms with E-state index in [2.05, 4.69) is 20.4 Å². The number of halogens is 2. The number of alkyl halides is 2.